The molecule has 1 N–H and O–H groups in total. The Labute approximate surface area is 105 Å². The summed E-state index contributed by atoms with van der Waals surface area (Å²) in [5.41, 5.74) is -0.719. The Kier molecular flexibility index (Phi) is 5.40. The molecule has 0 saturated carbocycles. The van der Waals surface area contributed by atoms with Crippen LogP contribution in [0, 0.1) is 0 Å². The fourth-order valence-corrected chi connectivity index (χ4v) is 1.44. The van der Waals surface area contributed by atoms with Gasteiger partial charge in [0.15, 0.2) is 0 Å². The van der Waals surface area contributed by atoms with E-state index in [9.17, 15) is 13.2 Å². The van der Waals surface area contributed by atoms with Crippen molar-refractivity contribution in [3.05, 3.63) is 23.9 Å². The number of halogens is 3. The number of rotatable bonds is 6. The molecule has 0 atom stereocenters. The average molecular weight is 261 g/mol. The smallest absolute Gasteiger partial charge is 0.358 e. The molecule has 0 aliphatic carbocycles. The van der Waals surface area contributed by atoms with Gasteiger partial charge in [-0.05, 0) is 25.1 Å². The number of alkyl halides is 3. The molecule has 0 saturated heterocycles. The van der Waals surface area contributed by atoms with Gasteiger partial charge in [0, 0.05) is 26.3 Å². The highest BCUT2D eigenvalue weighted by Crippen LogP contribution is 2.29. The second-order valence-corrected chi connectivity index (χ2v) is 4.07. The van der Waals surface area contributed by atoms with Crippen LogP contribution >= 0.6 is 0 Å². The second-order valence-electron chi connectivity index (χ2n) is 4.07. The van der Waals surface area contributed by atoms with Gasteiger partial charge in [-0.15, -0.1) is 0 Å². The highest BCUT2D eigenvalue weighted by molar-refractivity contribution is 5.38. The highest BCUT2D eigenvalue weighted by atomic mass is 19.4. The van der Waals surface area contributed by atoms with Gasteiger partial charge in [-0.2, -0.15) is 13.2 Å². The zero-order valence-electron chi connectivity index (χ0n) is 10.6. The van der Waals surface area contributed by atoms with Crippen LogP contribution in [0.3, 0.4) is 0 Å². The highest BCUT2D eigenvalue weighted by Gasteiger charge is 2.30. The summed E-state index contributed by atoms with van der Waals surface area (Å²) >= 11 is 0. The van der Waals surface area contributed by atoms with Crippen molar-refractivity contribution in [1.82, 2.24) is 10.3 Å². The molecule has 0 aliphatic rings. The van der Waals surface area contributed by atoms with Crippen molar-refractivity contribution in [2.75, 3.05) is 31.6 Å². The molecule has 18 heavy (non-hydrogen) atoms. The van der Waals surface area contributed by atoms with Crippen molar-refractivity contribution >= 4 is 5.82 Å². The van der Waals surface area contributed by atoms with E-state index in [4.69, 9.17) is 0 Å². The van der Waals surface area contributed by atoms with E-state index in [-0.39, 0.29) is 0 Å². The number of likely N-dealkylation sites (N-methyl/N-ethyl adjacent to an activating group) is 1. The minimum atomic E-state index is -4.33. The van der Waals surface area contributed by atoms with Crippen molar-refractivity contribution in [3.8, 4) is 0 Å². The number of nitrogens with zero attached hydrogens (tertiary/aromatic N) is 2. The molecular formula is C12H18F3N3. The van der Waals surface area contributed by atoms with Crippen LogP contribution in [0.15, 0.2) is 18.3 Å². The van der Waals surface area contributed by atoms with Gasteiger partial charge in [0.05, 0.1) is 5.56 Å². The maximum Gasteiger partial charge on any atom is 0.417 e. The molecule has 6 heteroatoms. The van der Waals surface area contributed by atoms with E-state index >= 15 is 0 Å². The van der Waals surface area contributed by atoms with Gasteiger partial charge in [-0.3, -0.25) is 0 Å². The minimum Gasteiger partial charge on any atom is -0.358 e. The van der Waals surface area contributed by atoms with Gasteiger partial charge in [0.1, 0.15) is 5.82 Å². The van der Waals surface area contributed by atoms with E-state index in [2.05, 4.69) is 17.2 Å². The zero-order chi connectivity index (χ0) is 13.6. The Morgan fingerprint density at radius 3 is 2.50 bits per heavy atom. The van der Waals surface area contributed by atoms with Crippen LogP contribution in [0.2, 0.25) is 0 Å². The van der Waals surface area contributed by atoms with E-state index in [1.54, 1.807) is 0 Å². The maximum atomic E-state index is 12.3. The van der Waals surface area contributed by atoms with Gasteiger partial charge < -0.3 is 10.2 Å². The number of hydrogen-bond acceptors (Lipinski definition) is 3. The van der Waals surface area contributed by atoms with Crippen molar-refractivity contribution in [2.45, 2.75) is 19.5 Å². The summed E-state index contributed by atoms with van der Waals surface area (Å²) in [5.74, 6) is 0.543. The van der Waals surface area contributed by atoms with Gasteiger partial charge in [0.2, 0.25) is 0 Å². The predicted molar refractivity (Wildman–Crippen MR) is 65.7 cm³/mol. The van der Waals surface area contributed by atoms with Gasteiger partial charge in [-0.25, -0.2) is 4.98 Å². The van der Waals surface area contributed by atoms with E-state index < -0.39 is 11.7 Å². The van der Waals surface area contributed by atoms with Crippen molar-refractivity contribution in [1.29, 1.82) is 0 Å². The lowest BCUT2D eigenvalue weighted by atomic mass is 10.2. The molecule has 1 rings (SSSR count). The third-order valence-electron chi connectivity index (χ3n) is 2.52. The molecular weight excluding hydrogens is 243 g/mol. The molecule has 102 valence electrons. The topological polar surface area (TPSA) is 28.2 Å². The summed E-state index contributed by atoms with van der Waals surface area (Å²) in [7, 11) is 1.81. The van der Waals surface area contributed by atoms with Crippen LogP contribution < -0.4 is 10.2 Å². The SMILES string of the molecule is CCCNCCN(C)c1ccc(C(F)(F)F)cn1. The summed E-state index contributed by atoms with van der Waals surface area (Å²) in [4.78, 5) is 5.64. The Morgan fingerprint density at radius 2 is 2.00 bits per heavy atom. The first kappa shape index (κ1) is 14.8. The van der Waals surface area contributed by atoms with Crippen molar-refractivity contribution in [3.63, 3.8) is 0 Å². The lowest BCUT2D eigenvalue weighted by Gasteiger charge is -2.18. The fourth-order valence-electron chi connectivity index (χ4n) is 1.44. The van der Waals surface area contributed by atoms with Crippen LogP contribution in [-0.2, 0) is 6.18 Å². The van der Waals surface area contributed by atoms with Crippen LogP contribution in [-0.4, -0.2) is 31.7 Å². The number of aromatic nitrogens is 1. The number of nitrogens with one attached hydrogen (secondary N) is 1. The fraction of sp³-hybridized carbons (Fsp3) is 0.583. The van der Waals surface area contributed by atoms with E-state index in [0.717, 1.165) is 31.8 Å². The number of hydrogen-bond donors (Lipinski definition) is 1. The average Bonchev–Trinajstić information content (AvgIpc) is 2.33. The van der Waals surface area contributed by atoms with Crippen LogP contribution in [0.25, 0.3) is 0 Å². The van der Waals surface area contributed by atoms with E-state index in [1.165, 1.54) is 6.07 Å². The molecule has 0 unspecified atom stereocenters. The summed E-state index contributed by atoms with van der Waals surface area (Å²) in [5, 5.41) is 3.22. The molecule has 1 aromatic rings. The zero-order valence-corrected chi connectivity index (χ0v) is 10.6. The van der Waals surface area contributed by atoms with Gasteiger partial charge in [0.25, 0.3) is 0 Å². The molecule has 0 fully saturated rings. The normalized spacial score (nSPS) is 11.6. The molecule has 0 aromatic carbocycles. The van der Waals surface area contributed by atoms with Gasteiger partial charge in [-0.1, -0.05) is 6.92 Å². The molecule has 0 aliphatic heterocycles. The second kappa shape index (κ2) is 6.58. The third-order valence-corrected chi connectivity index (χ3v) is 2.52. The lowest BCUT2D eigenvalue weighted by Crippen LogP contribution is -2.30. The van der Waals surface area contributed by atoms with E-state index in [0.29, 0.717) is 12.4 Å². The summed E-state index contributed by atoms with van der Waals surface area (Å²) in [6, 6.07) is 2.45. The van der Waals surface area contributed by atoms with Crippen LogP contribution in [0.1, 0.15) is 18.9 Å². The Morgan fingerprint density at radius 1 is 1.28 bits per heavy atom. The largest absolute Gasteiger partial charge is 0.417 e. The molecule has 1 aromatic heterocycles. The summed E-state index contributed by atoms with van der Waals surface area (Å²) in [6.07, 6.45) is -2.40. The minimum absolute atomic E-state index is 0.543. The molecule has 0 bridgehead atoms. The van der Waals surface area contributed by atoms with Crippen LogP contribution in [0.5, 0.6) is 0 Å². The first-order valence-corrected chi connectivity index (χ1v) is 5.90. The molecule has 0 amide bonds. The van der Waals surface area contributed by atoms with Crippen molar-refractivity contribution < 1.29 is 13.2 Å². The third kappa shape index (κ3) is 4.52. The molecule has 1 heterocycles. The predicted octanol–water partition coefficient (Wildman–Crippen LogP) is 2.54. The standard InChI is InChI=1S/C12H18F3N3/c1-3-6-16-7-8-18(2)11-5-4-10(9-17-11)12(13,14)15/h4-5,9,16H,3,6-8H2,1-2H3. The molecule has 0 radical (unpaired) electrons. The lowest BCUT2D eigenvalue weighted by molar-refractivity contribution is -0.137. The molecule has 0 spiro atoms. The monoisotopic (exact) mass is 261 g/mol. The summed E-state index contributed by atoms with van der Waals surface area (Å²) in [6.45, 7) is 4.51. The Bertz CT molecular complexity index is 349. The molecule has 3 nitrogen and oxygen atoms in total. The summed E-state index contributed by atoms with van der Waals surface area (Å²) < 4.78 is 37.0. The first-order valence-electron chi connectivity index (χ1n) is 5.90. The Hall–Kier alpha value is -1.30. The van der Waals surface area contributed by atoms with E-state index in [1.807, 2.05) is 11.9 Å². The number of pyridine rings is 1. The van der Waals surface area contributed by atoms with Gasteiger partial charge >= 0.3 is 6.18 Å². The number of anilines is 1. The van der Waals surface area contributed by atoms with Crippen molar-refractivity contribution in [2.24, 2.45) is 0 Å². The maximum absolute atomic E-state index is 12.3. The Balaban J connectivity index is 2.51. The van der Waals surface area contributed by atoms with Crippen LogP contribution in [0.4, 0.5) is 19.0 Å². The first-order chi connectivity index (χ1) is 8.45. The quantitative estimate of drug-likeness (QED) is 0.798.